The van der Waals surface area contributed by atoms with Gasteiger partial charge in [-0.1, -0.05) is 83.5 Å². The summed E-state index contributed by atoms with van der Waals surface area (Å²) in [5.41, 5.74) is 7.48. The van der Waals surface area contributed by atoms with Crippen LogP contribution in [0.1, 0.15) is 58.2 Å². The highest BCUT2D eigenvalue weighted by Gasteiger charge is 2.26. The number of phenols is 1. The molecule has 4 rings (SSSR count). The molecule has 0 amide bonds. The van der Waals surface area contributed by atoms with Gasteiger partial charge in [-0.2, -0.15) is 0 Å². The lowest BCUT2D eigenvalue weighted by Gasteiger charge is -2.27. The molecule has 1 aromatic heterocycles. The van der Waals surface area contributed by atoms with Crippen molar-refractivity contribution in [3.05, 3.63) is 71.3 Å². The van der Waals surface area contributed by atoms with Gasteiger partial charge in [-0.05, 0) is 52.6 Å². The number of phenolic OH excluding ortho intramolecular Hbond substituents is 1. The van der Waals surface area contributed by atoms with Gasteiger partial charge >= 0.3 is 0 Å². The average molecular weight is 414 g/mol. The minimum Gasteiger partial charge on any atom is -0.505 e. The Labute approximate surface area is 184 Å². The number of benzene rings is 3. The number of hydrogen-bond donors (Lipinski definition) is 1. The average Bonchev–Trinajstić information content (AvgIpc) is 3.10. The Hall–Kier alpha value is -3.14. The van der Waals surface area contributed by atoms with Crippen LogP contribution < -0.4 is 0 Å². The number of nitrogens with zero attached hydrogens (tertiary/aromatic N) is 3. The standard InChI is InChI=1S/C27H31N3O/c1-17-8-10-18(11-9-17)19-12-13-22-23(14-19)29-30(28-22)24-16-20(26(2,3)4)15-21(25(24)31)27(5,6)7/h8-16,31H,1-7H3. The van der Waals surface area contributed by atoms with E-state index in [1.165, 1.54) is 5.56 Å². The van der Waals surface area contributed by atoms with Gasteiger partial charge in [0.1, 0.15) is 22.5 Å². The Kier molecular flexibility index (Phi) is 4.92. The maximum Gasteiger partial charge on any atom is 0.146 e. The highest BCUT2D eigenvalue weighted by atomic mass is 16.3. The minimum absolute atomic E-state index is 0.0619. The molecule has 1 N–H and O–H groups in total. The zero-order valence-electron chi connectivity index (χ0n) is 19.5. The molecule has 0 fully saturated rings. The smallest absolute Gasteiger partial charge is 0.146 e. The van der Waals surface area contributed by atoms with Crippen LogP contribution in [0.5, 0.6) is 5.75 Å². The third-order valence-electron chi connectivity index (χ3n) is 5.74. The van der Waals surface area contributed by atoms with Crippen molar-refractivity contribution in [2.45, 2.75) is 59.3 Å². The molecule has 0 atom stereocenters. The van der Waals surface area contributed by atoms with Gasteiger partial charge in [0.25, 0.3) is 0 Å². The SMILES string of the molecule is Cc1ccc(-c2ccc3nn(-c4cc(C(C)(C)C)cc(C(C)(C)C)c4O)nc3c2)cc1. The summed E-state index contributed by atoms with van der Waals surface area (Å²) in [7, 11) is 0. The summed E-state index contributed by atoms with van der Waals surface area (Å²) in [5.74, 6) is 0.236. The van der Waals surface area contributed by atoms with Crippen molar-refractivity contribution in [1.82, 2.24) is 15.0 Å². The van der Waals surface area contributed by atoms with Crippen LogP contribution >= 0.6 is 0 Å². The van der Waals surface area contributed by atoms with Gasteiger partial charge in [-0.3, -0.25) is 0 Å². The molecule has 0 bridgehead atoms. The molecule has 0 spiro atoms. The van der Waals surface area contributed by atoms with E-state index in [0.29, 0.717) is 5.69 Å². The normalized spacial score (nSPS) is 12.5. The fourth-order valence-electron chi connectivity index (χ4n) is 3.72. The van der Waals surface area contributed by atoms with E-state index in [1.54, 1.807) is 4.80 Å². The molecule has 4 nitrogen and oxygen atoms in total. The van der Waals surface area contributed by atoms with Crippen LogP contribution in [0.2, 0.25) is 0 Å². The Morgan fingerprint density at radius 3 is 1.94 bits per heavy atom. The van der Waals surface area contributed by atoms with E-state index >= 15 is 0 Å². The quantitative estimate of drug-likeness (QED) is 0.398. The minimum atomic E-state index is -0.203. The molecule has 31 heavy (non-hydrogen) atoms. The fraction of sp³-hybridized carbons (Fsp3) is 0.333. The van der Waals surface area contributed by atoms with Crippen LogP contribution in [-0.4, -0.2) is 20.1 Å². The summed E-state index contributed by atoms with van der Waals surface area (Å²) in [6, 6.07) is 18.7. The molecular weight excluding hydrogens is 382 g/mol. The van der Waals surface area contributed by atoms with Crippen molar-refractivity contribution in [3.63, 3.8) is 0 Å². The Morgan fingerprint density at radius 2 is 1.32 bits per heavy atom. The van der Waals surface area contributed by atoms with Crippen LogP contribution in [-0.2, 0) is 10.8 Å². The Bertz CT molecular complexity index is 1250. The van der Waals surface area contributed by atoms with Crippen molar-refractivity contribution >= 4 is 11.0 Å². The van der Waals surface area contributed by atoms with Crippen molar-refractivity contribution in [2.75, 3.05) is 0 Å². The number of aryl methyl sites for hydroxylation is 1. The van der Waals surface area contributed by atoms with Gasteiger partial charge in [0.15, 0.2) is 0 Å². The predicted molar refractivity (Wildman–Crippen MR) is 128 cm³/mol. The maximum atomic E-state index is 11.2. The zero-order valence-corrected chi connectivity index (χ0v) is 19.5. The summed E-state index contributed by atoms with van der Waals surface area (Å²) >= 11 is 0. The van der Waals surface area contributed by atoms with E-state index in [-0.39, 0.29) is 16.6 Å². The second-order valence-electron chi connectivity index (χ2n) is 10.5. The Balaban J connectivity index is 1.87. The molecule has 160 valence electrons. The highest BCUT2D eigenvalue weighted by molar-refractivity contribution is 5.81. The third kappa shape index (κ3) is 4.07. The molecule has 0 unspecified atom stereocenters. The van der Waals surface area contributed by atoms with Gasteiger partial charge in [0.2, 0.25) is 0 Å². The van der Waals surface area contributed by atoms with Crippen molar-refractivity contribution in [1.29, 1.82) is 0 Å². The first-order valence-corrected chi connectivity index (χ1v) is 10.8. The van der Waals surface area contributed by atoms with Crippen molar-refractivity contribution < 1.29 is 5.11 Å². The summed E-state index contributed by atoms with van der Waals surface area (Å²) in [6.45, 7) is 14.9. The molecule has 0 aliphatic carbocycles. The molecule has 4 aromatic rings. The monoisotopic (exact) mass is 413 g/mol. The van der Waals surface area contributed by atoms with Gasteiger partial charge < -0.3 is 5.11 Å². The molecule has 0 saturated heterocycles. The first-order chi connectivity index (χ1) is 14.4. The first kappa shape index (κ1) is 21.1. The summed E-state index contributed by atoms with van der Waals surface area (Å²) in [4.78, 5) is 1.57. The second-order valence-corrected chi connectivity index (χ2v) is 10.5. The molecule has 0 aliphatic heterocycles. The molecule has 0 aliphatic rings. The summed E-state index contributed by atoms with van der Waals surface area (Å²) < 4.78 is 0. The molecule has 0 saturated carbocycles. The van der Waals surface area contributed by atoms with Gasteiger partial charge in [-0.15, -0.1) is 15.0 Å². The molecule has 3 aromatic carbocycles. The number of fused-ring (bicyclic) bond motifs is 1. The maximum absolute atomic E-state index is 11.2. The van der Waals surface area contributed by atoms with E-state index in [1.807, 2.05) is 12.1 Å². The van der Waals surface area contributed by atoms with Crippen LogP contribution in [0.25, 0.3) is 27.8 Å². The second kappa shape index (κ2) is 7.23. The number of hydrogen-bond acceptors (Lipinski definition) is 3. The van der Waals surface area contributed by atoms with Crippen LogP contribution in [0.15, 0.2) is 54.6 Å². The van der Waals surface area contributed by atoms with E-state index in [4.69, 9.17) is 5.10 Å². The fourth-order valence-corrected chi connectivity index (χ4v) is 3.72. The predicted octanol–water partition coefficient (Wildman–Crippen LogP) is 6.70. The van der Waals surface area contributed by atoms with Gasteiger partial charge in [-0.25, -0.2) is 0 Å². The number of aromatic nitrogens is 3. The van der Waals surface area contributed by atoms with E-state index in [9.17, 15) is 5.11 Å². The lowest BCUT2D eigenvalue weighted by Crippen LogP contribution is -2.18. The molecule has 1 heterocycles. The van der Waals surface area contributed by atoms with Crippen LogP contribution in [0.4, 0.5) is 0 Å². The van der Waals surface area contributed by atoms with Crippen molar-refractivity contribution in [3.8, 4) is 22.6 Å². The third-order valence-corrected chi connectivity index (χ3v) is 5.74. The lowest BCUT2D eigenvalue weighted by atomic mass is 9.80. The summed E-state index contributed by atoms with van der Waals surface area (Å²) in [6.07, 6.45) is 0. The van der Waals surface area contributed by atoms with Crippen molar-refractivity contribution in [2.24, 2.45) is 0 Å². The number of aromatic hydroxyl groups is 1. The topological polar surface area (TPSA) is 50.9 Å². The van der Waals surface area contributed by atoms with Gasteiger partial charge in [0.05, 0.1) is 0 Å². The largest absolute Gasteiger partial charge is 0.505 e. The van der Waals surface area contributed by atoms with Crippen LogP contribution in [0, 0.1) is 6.92 Å². The molecule has 4 heteroatoms. The number of rotatable bonds is 2. The van der Waals surface area contributed by atoms with E-state index in [0.717, 1.165) is 33.3 Å². The molecular formula is C27H31N3O. The van der Waals surface area contributed by atoms with E-state index < -0.39 is 0 Å². The molecule has 0 radical (unpaired) electrons. The highest BCUT2D eigenvalue weighted by Crippen LogP contribution is 2.39. The summed E-state index contributed by atoms with van der Waals surface area (Å²) in [5, 5.41) is 20.6. The zero-order chi connectivity index (χ0) is 22.6. The van der Waals surface area contributed by atoms with E-state index in [2.05, 4.69) is 96.0 Å². The Morgan fingerprint density at radius 1 is 0.710 bits per heavy atom. The first-order valence-electron chi connectivity index (χ1n) is 10.8. The van der Waals surface area contributed by atoms with Gasteiger partial charge in [0, 0.05) is 5.56 Å². The lowest BCUT2D eigenvalue weighted by molar-refractivity contribution is 0.438. The van der Waals surface area contributed by atoms with Crippen LogP contribution in [0.3, 0.4) is 0 Å².